The van der Waals surface area contributed by atoms with Gasteiger partial charge in [0, 0.05) is 16.0 Å². The molecule has 2 aromatic carbocycles. The van der Waals surface area contributed by atoms with Crippen LogP contribution in [0.2, 0.25) is 5.02 Å². The summed E-state index contributed by atoms with van der Waals surface area (Å²) in [6.07, 6.45) is 0.763. The molecule has 0 bridgehead atoms. The number of carbonyl (C=O) groups is 1. The molecular weight excluding hydrogens is 326 g/mol. The first-order valence-corrected chi connectivity index (χ1v) is 7.92. The van der Waals surface area contributed by atoms with Crippen molar-refractivity contribution in [2.45, 2.75) is 13.3 Å². The van der Waals surface area contributed by atoms with E-state index in [1.807, 2.05) is 19.1 Å². The van der Waals surface area contributed by atoms with Gasteiger partial charge < -0.3 is 9.84 Å². The average molecular weight is 342 g/mol. The predicted molar refractivity (Wildman–Crippen MR) is 95.1 cm³/mol. The molecule has 5 heteroatoms. The highest BCUT2D eigenvalue weighted by atomic mass is 35.5. The van der Waals surface area contributed by atoms with E-state index in [-0.39, 0.29) is 5.56 Å². The van der Waals surface area contributed by atoms with Gasteiger partial charge in [0.15, 0.2) is 0 Å². The molecule has 0 radical (unpaired) electrons. The second-order valence-electron chi connectivity index (χ2n) is 5.37. The number of carboxylic acid groups (broad SMARTS) is 1. The van der Waals surface area contributed by atoms with Crippen LogP contribution in [0.3, 0.4) is 0 Å². The zero-order chi connectivity index (χ0) is 17.3. The maximum absolute atomic E-state index is 11.7. The van der Waals surface area contributed by atoms with Gasteiger partial charge >= 0.3 is 5.97 Å². The molecule has 0 aliphatic heterocycles. The standard InChI is InChI=1S/C19H16ClNO3/c1-3-11-5-4-6-13-14(19(22)23)10-16(21-18(11)13)15-9-12(20)7-8-17(15)24-2/h4-10H,3H2,1-2H3,(H,22,23). The summed E-state index contributed by atoms with van der Waals surface area (Å²) in [4.78, 5) is 16.4. The van der Waals surface area contributed by atoms with Crippen molar-refractivity contribution in [1.29, 1.82) is 0 Å². The number of methoxy groups -OCH3 is 1. The smallest absolute Gasteiger partial charge is 0.336 e. The van der Waals surface area contributed by atoms with Crippen LogP contribution in [0.15, 0.2) is 42.5 Å². The summed E-state index contributed by atoms with van der Waals surface area (Å²) in [7, 11) is 1.56. The fraction of sp³-hybridized carbons (Fsp3) is 0.158. The monoisotopic (exact) mass is 341 g/mol. The number of benzene rings is 2. The van der Waals surface area contributed by atoms with Crippen LogP contribution in [-0.2, 0) is 6.42 Å². The molecule has 0 aliphatic rings. The third kappa shape index (κ3) is 2.81. The zero-order valence-corrected chi connectivity index (χ0v) is 14.1. The van der Waals surface area contributed by atoms with Crippen LogP contribution in [0.25, 0.3) is 22.2 Å². The predicted octanol–water partition coefficient (Wildman–Crippen LogP) is 4.82. The molecule has 0 fully saturated rings. The summed E-state index contributed by atoms with van der Waals surface area (Å²) in [5.41, 5.74) is 3.10. The second-order valence-corrected chi connectivity index (χ2v) is 5.81. The fourth-order valence-electron chi connectivity index (χ4n) is 2.79. The van der Waals surface area contributed by atoms with Crippen molar-refractivity contribution in [3.8, 4) is 17.0 Å². The van der Waals surface area contributed by atoms with Crippen LogP contribution in [0.5, 0.6) is 5.75 Å². The molecule has 0 saturated heterocycles. The van der Waals surface area contributed by atoms with E-state index in [2.05, 4.69) is 0 Å². The first-order valence-electron chi connectivity index (χ1n) is 7.55. The Balaban J connectivity index is 2.38. The number of ether oxygens (including phenoxy) is 1. The van der Waals surface area contributed by atoms with Crippen molar-refractivity contribution < 1.29 is 14.6 Å². The molecule has 0 saturated carbocycles. The van der Waals surface area contributed by atoms with Crippen LogP contribution in [-0.4, -0.2) is 23.2 Å². The number of hydrogen-bond donors (Lipinski definition) is 1. The number of nitrogens with zero attached hydrogens (tertiary/aromatic N) is 1. The number of rotatable bonds is 4. The SMILES string of the molecule is CCc1cccc2c(C(=O)O)cc(-c3cc(Cl)ccc3OC)nc12. The van der Waals surface area contributed by atoms with Gasteiger partial charge in [-0.25, -0.2) is 9.78 Å². The third-order valence-electron chi connectivity index (χ3n) is 3.97. The van der Waals surface area contributed by atoms with Crippen molar-refractivity contribution in [3.63, 3.8) is 0 Å². The lowest BCUT2D eigenvalue weighted by Crippen LogP contribution is -2.02. The minimum absolute atomic E-state index is 0.215. The van der Waals surface area contributed by atoms with E-state index in [9.17, 15) is 9.90 Å². The maximum atomic E-state index is 11.7. The average Bonchev–Trinajstić information content (AvgIpc) is 2.59. The minimum Gasteiger partial charge on any atom is -0.496 e. The molecule has 0 aliphatic carbocycles. The van der Waals surface area contributed by atoms with Gasteiger partial charge in [-0.3, -0.25) is 0 Å². The minimum atomic E-state index is -0.988. The Labute approximate surface area is 144 Å². The Morgan fingerprint density at radius 2 is 2.04 bits per heavy atom. The van der Waals surface area contributed by atoms with Crippen LogP contribution < -0.4 is 4.74 Å². The quantitative estimate of drug-likeness (QED) is 0.738. The number of aryl methyl sites for hydroxylation is 1. The van der Waals surface area contributed by atoms with E-state index in [4.69, 9.17) is 21.3 Å². The number of hydrogen-bond acceptors (Lipinski definition) is 3. The first kappa shape index (κ1) is 16.3. The molecule has 24 heavy (non-hydrogen) atoms. The van der Waals surface area contributed by atoms with E-state index in [0.717, 1.165) is 12.0 Å². The molecule has 4 nitrogen and oxygen atoms in total. The van der Waals surface area contributed by atoms with Gasteiger partial charge in [0.2, 0.25) is 0 Å². The number of halogens is 1. The second kappa shape index (κ2) is 6.49. The number of para-hydroxylation sites is 1. The molecule has 0 atom stereocenters. The fourth-order valence-corrected chi connectivity index (χ4v) is 2.96. The zero-order valence-electron chi connectivity index (χ0n) is 13.3. The lowest BCUT2D eigenvalue weighted by atomic mass is 10.00. The molecule has 1 heterocycles. The van der Waals surface area contributed by atoms with Crippen LogP contribution in [0, 0.1) is 0 Å². The first-order chi connectivity index (χ1) is 11.5. The molecule has 1 aromatic heterocycles. The topological polar surface area (TPSA) is 59.4 Å². The van der Waals surface area contributed by atoms with Crippen molar-refractivity contribution in [1.82, 2.24) is 4.98 Å². The Hall–Kier alpha value is -2.59. The van der Waals surface area contributed by atoms with Gasteiger partial charge in [-0.15, -0.1) is 0 Å². The molecule has 0 unspecified atom stereocenters. The van der Waals surface area contributed by atoms with Gasteiger partial charge in [-0.1, -0.05) is 36.7 Å². The highest BCUT2D eigenvalue weighted by Gasteiger charge is 2.17. The summed E-state index contributed by atoms with van der Waals surface area (Å²) in [6, 6.07) is 12.4. The van der Waals surface area contributed by atoms with E-state index in [1.54, 1.807) is 37.4 Å². The van der Waals surface area contributed by atoms with Gasteiger partial charge in [0.05, 0.1) is 23.9 Å². The number of pyridine rings is 1. The Bertz CT molecular complexity index is 937. The Morgan fingerprint density at radius 3 is 2.71 bits per heavy atom. The summed E-state index contributed by atoms with van der Waals surface area (Å²) >= 11 is 6.10. The van der Waals surface area contributed by atoms with Crippen LogP contribution in [0.1, 0.15) is 22.8 Å². The van der Waals surface area contributed by atoms with Crippen molar-refractivity contribution in [2.75, 3.05) is 7.11 Å². The lowest BCUT2D eigenvalue weighted by molar-refractivity contribution is 0.0699. The van der Waals surface area contributed by atoms with Crippen molar-refractivity contribution in [3.05, 3.63) is 58.6 Å². The highest BCUT2D eigenvalue weighted by molar-refractivity contribution is 6.31. The van der Waals surface area contributed by atoms with Crippen molar-refractivity contribution in [2.24, 2.45) is 0 Å². The normalized spacial score (nSPS) is 10.8. The molecular formula is C19H16ClNO3. The molecule has 1 N–H and O–H groups in total. The van der Waals surface area contributed by atoms with Gasteiger partial charge in [-0.05, 0) is 36.2 Å². The molecule has 122 valence electrons. The summed E-state index contributed by atoms with van der Waals surface area (Å²) in [6.45, 7) is 2.02. The number of carboxylic acids is 1. The molecule has 3 rings (SSSR count). The number of aromatic nitrogens is 1. The maximum Gasteiger partial charge on any atom is 0.336 e. The van der Waals surface area contributed by atoms with Gasteiger partial charge in [0.25, 0.3) is 0 Å². The van der Waals surface area contributed by atoms with E-state index in [0.29, 0.717) is 32.9 Å². The number of fused-ring (bicyclic) bond motifs is 1. The van der Waals surface area contributed by atoms with Gasteiger partial charge in [-0.2, -0.15) is 0 Å². The van der Waals surface area contributed by atoms with Crippen molar-refractivity contribution >= 4 is 28.5 Å². The van der Waals surface area contributed by atoms with E-state index < -0.39 is 5.97 Å². The summed E-state index contributed by atoms with van der Waals surface area (Å²) < 4.78 is 5.38. The largest absolute Gasteiger partial charge is 0.496 e. The van der Waals surface area contributed by atoms with Crippen LogP contribution in [0.4, 0.5) is 0 Å². The highest BCUT2D eigenvalue weighted by Crippen LogP contribution is 2.34. The van der Waals surface area contributed by atoms with Gasteiger partial charge in [0.1, 0.15) is 5.75 Å². The third-order valence-corrected chi connectivity index (χ3v) is 4.21. The molecule has 0 spiro atoms. The number of aromatic carboxylic acids is 1. The Kier molecular flexibility index (Phi) is 4.40. The van der Waals surface area contributed by atoms with E-state index >= 15 is 0 Å². The van der Waals surface area contributed by atoms with E-state index in [1.165, 1.54) is 0 Å². The molecule has 3 aromatic rings. The lowest BCUT2D eigenvalue weighted by Gasteiger charge is -2.12. The van der Waals surface area contributed by atoms with Crippen LogP contribution >= 0.6 is 11.6 Å². The summed E-state index contributed by atoms with van der Waals surface area (Å²) in [5, 5.41) is 10.8. The Morgan fingerprint density at radius 1 is 1.25 bits per heavy atom. The summed E-state index contributed by atoms with van der Waals surface area (Å²) in [5.74, 6) is -0.394. The molecule has 0 amide bonds.